The summed E-state index contributed by atoms with van der Waals surface area (Å²) in [6, 6.07) is 8.15. The minimum absolute atomic E-state index is 0.160. The Morgan fingerprint density at radius 2 is 1.62 bits per heavy atom. The molecule has 0 saturated carbocycles. The molecule has 2 aromatic carbocycles. The fraction of sp³-hybridized carbons (Fsp3) is 0.125. The number of nitrogens with one attached hydrogen (secondary N) is 3. The maximum Gasteiger partial charge on any atom is 0.316 e. The van der Waals surface area contributed by atoms with Crippen molar-refractivity contribution in [1.29, 1.82) is 0 Å². The Hall–Kier alpha value is -2.98. The third kappa shape index (κ3) is 4.77. The number of halogens is 1. The standard InChI is InChI=1S/C16H17FN4O4S/c1-2-19-26(24,25)12-7-8-14(17)13(9-12)15(22)20-10-3-5-11(6-4-10)21-16(18)23/h3-9,19H,2H2,1H3,(H,20,22)(H3,18,21,23). The highest BCUT2D eigenvalue weighted by atomic mass is 32.2. The summed E-state index contributed by atoms with van der Waals surface area (Å²) >= 11 is 0. The molecule has 2 aromatic rings. The summed E-state index contributed by atoms with van der Waals surface area (Å²) in [6.07, 6.45) is 0. The first-order chi connectivity index (χ1) is 12.2. The number of carbonyl (C=O) groups is 2. The van der Waals surface area contributed by atoms with Crippen molar-refractivity contribution in [1.82, 2.24) is 4.72 Å². The molecule has 0 aliphatic carbocycles. The molecule has 0 unspecified atom stereocenters. The number of anilines is 2. The number of carbonyl (C=O) groups excluding carboxylic acids is 2. The number of amides is 3. The molecule has 0 bridgehead atoms. The van der Waals surface area contributed by atoms with Gasteiger partial charge in [-0.25, -0.2) is 22.3 Å². The van der Waals surface area contributed by atoms with Gasteiger partial charge in [0, 0.05) is 17.9 Å². The van der Waals surface area contributed by atoms with E-state index in [1.165, 1.54) is 24.3 Å². The SMILES string of the molecule is CCNS(=O)(=O)c1ccc(F)c(C(=O)Nc2ccc(NC(N)=O)cc2)c1. The predicted molar refractivity (Wildman–Crippen MR) is 94.9 cm³/mol. The number of rotatable bonds is 6. The Kier molecular flexibility index (Phi) is 5.90. The molecule has 0 aromatic heterocycles. The van der Waals surface area contributed by atoms with Crippen molar-refractivity contribution in [3.63, 3.8) is 0 Å². The Labute approximate surface area is 149 Å². The first-order valence-electron chi connectivity index (χ1n) is 7.50. The molecule has 0 heterocycles. The zero-order valence-corrected chi connectivity index (χ0v) is 14.6. The van der Waals surface area contributed by atoms with Gasteiger partial charge in [-0.1, -0.05) is 6.92 Å². The Bertz CT molecular complexity index is 930. The van der Waals surface area contributed by atoms with E-state index in [9.17, 15) is 22.4 Å². The summed E-state index contributed by atoms with van der Waals surface area (Å²) in [7, 11) is -3.82. The van der Waals surface area contributed by atoms with E-state index in [2.05, 4.69) is 15.4 Å². The molecule has 3 amide bonds. The van der Waals surface area contributed by atoms with E-state index in [4.69, 9.17) is 5.73 Å². The van der Waals surface area contributed by atoms with Crippen LogP contribution in [0.1, 0.15) is 17.3 Å². The number of primary amides is 1. The molecular formula is C16H17FN4O4S. The van der Waals surface area contributed by atoms with Gasteiger partial charge in [-0.15, -0.1) is 0 Å². The van der Waals surface area contributed by atoms with Crippen molar-refractivity contribution in [2.75, 3.05) is 17.2 Å². The van der Waals surface area contributed by atoms with Crippen LogP contribution in [-0.2, 0) is 10.0 Å². The molecule has 5 N–H and O–H groups in total. The molecule has 26 heavy (non-hydrogen) atoms. The minimum atomic E-state index is -3.82. The van der Waals surface area contributed by atoms with Gasteiger partial charge in [0.1, 0.15) is 5.82 Å². The van der Waals surface area contributed by atoms with Crippen LogP contribution in [0.15, 0.2) is 47.4 Å². The normalized spacial score (nSPS) is 11.0. The van der Waals surface area contributed by atoms with E-state index >= 15 is 0 Å². The van der Waals surface area contributed by atoms with Gasteiger partial charge in [-0.3, -0.25) is 4.79 Å². The van der Waals surface area contributed by atoms with Crippen molar-refractivity contribution in [3.05, 3.63) is 53.8 Å². The smallest absolute Gasteiger partial charge is 0.316 e. The molecule has 2 rings (SSSR count). The molecule has 0 radical (unpaired) electrons. The second-order valence-electron chi connectivity index (χ2n) is 5.16. The lowest BCUT2D eigenvalue weighted by Gasteiger charge is -2.10. The zero-order valence-electron chi connectivity index (χ0n) is 13.7. The molecule has 0 aliphatic heterocycles. The van der Waals surface area contributed by atoms with E-state index in [1.807, 2.05) is 0 Å². The van der Waals surface area contributed by atoms with Crippen molar-refractivity contribution >= 4 is 33.3 Å². The lowest BCUT2D eigenvalue weighted by atomic mass is 10.2. The lowest BCUT2D eigenvalue weighted by Crippen LogP contribution is -2.24. The van der Waals surface area contributed by atoms with Crippen LogP contribution < -0.4 is 21.1 Å². The van der Waals surface area contributed by atoms with Crippen LogP contribution in [0.25, 0.3) is 0 Å². The summed E-state index contributed by atoms with van der Waals surface area (Å²) in [6.45, 7) is 1.76. The molecule has 10 heteroatoms. The van der Waals surface area contributed by atoms with Crippen LogP contribution in [-0.4, -0.2) is 26.9 Å². The van der Waals surface area contributed by atoms with E-state index in [-0.39, 0.29) is 11.4 Å². The van der Waals surface area contributed by atoms with Crippen LogP contribution in [0.5, 0.6) is 0 Å². The second kappa shape index (κ2) is 7.93. The average molecular weight is 380 g/mol. The number of hydrogen-bond donors (Lipinski definition) is 4. The van der Waals surface area contributed by atoms with E-state index in [0.717, 1.165) is 18.2 Å². The van der Waals surface area contributed by atoms with Crippen LogP contribution in [0, 0.1) is 5.82 Å². The van der Waals surface area contributed by atoms with Gasteiger partial charge in [-0.2, -0.15) is 0 Å². The Balaban J connectivity index is 2.22. The van der Waals surface area contributed by atoms with Crippen LogP contribution in [0.4, 0.5) is 20.6 Å². The van der Waals surface area contributed by atoms with E-state index in [0.29, 0.717) is 11.4 Å². The predicted octanol–water partition coefficient (Wildman–Crippen LogP) is 1.87. The Morgan fingerprint density at radius 1 is 1.04 bits per heavy atom. The minimum Gasteiger partial charge on any atom is -0.351 e. The quantitative estimate of drug-likeness (QED) is 0.609. The molecule has 8 nitrogen and oxygen atoms in total. The van der Waals surface area contributed by atoms with Crippen LogP contribution in [0.3, 0.4) is 0 Å². The third-order valence-electron chi connectivity index (χ3n) is 3.24. The fourth-order valence-corrected chi connectivity index (χ4v) is 3.16. The number of nitrogens with two attached hydrogens (primary N) is 1. The summed E-state index contributed by atoms with van der Waals surface area (Å²) in [5.41, 5.74) is 5.32. The van der Waals surface area contributed by atoms with Gasteiger partial charge < -0.3 is 16.4 Å². The van der Waals surface area contributed by atoms with E-state index < -0.39 is 33.3 Å². The fourth-order valence-electron chi connectivity index (χ4n) is 2.10. The first kappa shape index (κ1) is 19.3. The van der Waals surface area contributed by atoms with Gasteiger partial charge in [0.05, 0.1) is 10.5 Å². The maximum absolute atomic E-state index is 14.0. The first-order valence-corrected chi connectivity index (χ1v) is 8.98. The van der Waals surface area contributed by atoms with Gasteiger partial charge in [0.25, 0.3) is 5.91 Å². The summed E-state index contributed by atoms with van der Waals surface area (Å²) < 4.78 is 40.2. The highest BCUT2D eigenvalue weighted by molar-refractivity contribution is 7.89. The maximum atomic E-state index is 14.0. The molecular weight excluding hydrogens is 363 g/mol. The zero-order chi connectivity index (χ0) is 19.3. The summed E-state index contributed by atoms with van der Waals surface area (Å²) in [5.74, 6) is -1.67. The number of sulfonamides is 1. The summed E-state index contributed by atoms with van der Waals surface area (Å²) in [5, 5.41) is 4.81. The van der Waals surface area contributed by atoms with Gasteiger partial charge in [0.2, 0.25) is 10.0 Å². The third-order valence-corrected chi connectivity index (χ3v) is 4.78. The van der Waals surface area contributed by atoms with Gasteiger partial charge in [-0.05, 0) is 42.5 Å². The highest BCUT2D eigenvalue weighted by Gasteiger charge is 2.19. The topological polar surface area (TPSA) is 130 Å². The number of urea groups is 1. The number of hydrogen-bond acceptors (Lipinski definition) is 4. The van der Waals surface area contributed by atoms with Crippen molar-refractivity contribution < 1.29 is 22.4 Å². The second-order valence-corrected chi connectivity index (χ2v) is 6.93. The van der Waals surface area contributed by atoms with Crippen molar-refractivity contribution in [2.45, 2.75) is 11.8 Å². The highest BCUT2D eigenvalue weighted by Crippen LogP contribution is 2.18. The molecule has 0 fully saturated rings. The largest absolute Gasteiger partial charge is 0.351 e. The van der Waals surface area contributed by atoms with Gasteiger partial charge in [0.15, 0.2) is 0 Å². The lowest BCUT2D eigenvalue weighted by molar-refractivity contribution is 0.102. The molecule has 0 aliphatic rings. The average Bonchev–Trinajstić information content (AvgIpc) is 2.56. The van der Waals surface area contributed by atoms with E-state index in [1.54, 1.807) is 6.92 Å². The van der Waals surface area contributed by atoms with Crippen LogP contribution >= 0.6 is 0 Å². The van der Waals surface area contributed by atoms with Crippen molar-refractivity contribution in [3.8, 4) is 0 Å². The number of benzene rings is 2. The monoisotopic (exact) mass is 380 g/mol. The van der Waals surface area contributed by atoms with Crippen LogP contribution in [0.2, 0.25) is 0 Å². The molecule has 0 spiro atoms. The van der Waals surface area contributed by atoms with Crippen molar-refractivity contribution in [2.24, 2.45) is 5.73 Å². The summed E-state index contributed by atoms with van der Waals surface area (Å²) in [4.78, 5) is 22.8. The molecule has 0 atom stereocenters. The molecule has 138 valence electrons. The van der Waals surface area contributed by atoms with Gasteiger partial charge >= 0.3 is 6.03 Å². The molecule has 0 saturated heterocycles. The Morgan fingerprint density at radius 3 is 2.15 bits per heavy atom.